The molecule has 1 aromatic carbocycles. The lowest BCUT2D eigenvalue weighted by Gasteiger charge is -2.35. The highest BCUT2D eigenvalue weighted by Gasteiger charge is 2.29. The molecule has 104 valence electrons. The number of carbonyl (C=O) groups is 1. The molecule has 1 amide bonds. The van der Waals surface area contributed by atoms with Crippen LogP contribution in [-0.4, -0.2) is 36.1 Å². The van der Waals surface area contributed by atoms with E-state index in [1.54, 1.807) is 0 Å². The van der Waals surface area contributed by atoms with Crippen molar-refractivity contribution in [3.05, 3.63) is 33.3 Å². The van der Waals surface area contributed by atoms with Gasteiger partial charge in [0.05, 0.1) is 6.10 Å². The summed E-state index contributed by atoms with van der Waals surface area (Å²) in [6.45, 7) is 3.93. The third-order valence-electron chi connectivity index (χ3n) is 3.05. The summed E-state index contributed by atoms with van der Waals surface area (Å²) in [4.78, 5) is 13.4. The molecule has 4 nitrogen and oxygen atoms in total. The van der Waals surface area contributed by atoms with E-state index >= 15 is 0 Å². The summed E-state index contributed by atoms with van der Waals surface area (Å²) in [5, 5.41) is 0.700. The normalized spacial score (nSPS) is 24.4. The van der Waals surface area contributed by atoms with Crippen LogP contribution in [0.4, 0.5) is 0 Å². The van der Waals surface area contributed by atoms with Gasteiger partial charge >= 0.3 is 0 Å². The van der Waals surface area contributed by atoms with E-state index in [0.29, 0.717) is 18.1 Å². The smallest absolute Gasteiger partial charge is 0.247 e. The van der Waals surface area contributed by atoms with Crippen molar-refractivity contribution in [1.29, 1.82) is 0 Å². The van der Waals surface area contributed by atoms with Gasteiger partial charge in [0.1, 0.15) is 6.10 Å². The number of hydrogen-bond acceptors (Lipinski definition) is 3. The van der Waals surface area contributed by atoms with Gasteiger partial charge in [-0.05, 0) is 30.7 Å². The summed E-state index contributed by atoms with van der Waals surface area (Å²) in [6, 6.07) is 5.68. The standard InChI is InChI=1S/C13H16BrClN2O2/c1-8-5-17(7-12(19-8)13(16)18)6-9-4-10(15)2-3-11(9)14/h2-4,8,12H,5-7H2,1H3,(H2,16,18)/t8-,12-/m1/s1. The number of nitrogens with two attached hydrogens (primary N) is 1. The molecule has 6 heteroatoms. The van der Waals surface area contributed by atoms with Gasteiger partial charge in [-0.2, -0.15) is 0 Å². The van der Waals surface area contributed by atoms with Crippen molar-refractivity contribution in [1.82, 2.24) is 4.90 Å². The maximum atomic E-state index is 11.3. The molecule has 1 fully saturated rings. The molecular formula is C13H16BrClN2O2. The number of morpholine rings is 1. The molecule has 2 N–H and O–H groups in total. The fraction of sp³-hybridized carbons (Fsp3) is 0.462. The molecule has 0 spiro atoms. The Balaban J connectivity index is 2.09. The number of benzene rings is 1. The van der Waals surface area contributed by atoms with Gasteiger partial charge in [0.15, 0.2) is 0 Å². The number of amides is 1. The largest absolute Gasteiger partial charge is 0.367 e. The summed E-state index contributed by atoms with van der Waals surface area (Å²) in [7, 11) is 0. The van der Waals surface area contributed by atoms with Gasteiger partial charge in [0.2, 0.25) is 5.91 Å². The maximum Gasteiger partial charge on any atom is 0.247 e. The van der Waals surface area contributed by atoms with Crippen LogP contribution >= 0.6 is 27.5 Å². The number of rotatable bonds is 3. The van der Waals surface area contributed by atoms with Crippen molar-refractivity contribution in [2.75, 3.05) is 13.1 Å². The average Bonchev–Trinajstić information content (AvgIpc) is 2.33. The summed E-state index contributed by atoms with van der Waals surface area (Å²) >= 11 is 9.51. The molecule has 1 aliphatic heterocycles. The molecule has 0 bridgehead atoms. The van der Waals surface area contributed by atoms with Gasteiger partial charge in [0, 0.05) is 29.1 Å². The van der Waals surface area contributed by atoms with Gasteiger partial charge in [-0.15, -0.1) is 0 Å². The van der Waals surface area contributed by atoms with E-state index in [1.807, 2.05) is 25.1 Å². The monoisotopic (exact) mass is 346 g/mol. The highest BCUT2D eigenvalue weighted by atomic mass is 79.9. The zero-order valence-electron chi connectivity index (χ0n) is 10.6. The summed E-state index contributed by atoms with van der Waals surface area (Å²) in [5.74, 6) is -0.415. The van der Waals surface area contributed by atoms with Crippen molar-refractivity contribution in [2.24, 2.45) is 5.73 Å². The minimum atomic E-state index is -0.540. The average molecular weight is 348 g/mol. The Morgan fingerprint density at radius 3 is 3.00 bits per heavy atom. The van der Waals surface area contributed by atoms with Gasteiger partial charge in [-0.1, -0.05) is 27.5 Å². The van der Waals surface area contributed by atoms with Gasteiger partial charge in [-0.25, -0.2) is 0 Å². The zero-order valence-corrected chi connectivity index (χ0v) is 12.9. The fourth-order valence-electron chi connectivity index (χ4n) is 2.23. The number of primary amides is 1. The first-order valence-electron chi connectivity index (χ1n) is 6.06. The van der Waals surface area contributed by atoms with E-state index in [1.165, 1.54) is 0 Å². The van der Waals surface area contributed by atoms with Crippen LogP contribution in [0.1, 0.15) is 12.5 Å². The lowest BCUT2D eigenvalue weighted by Crippen LogP contribution is -2.51. The van der Waals surface area contributed by atoms with E-state index in [9.17, 15) is 4.79 Å². The molecule has 0 unspecified atom stereocenters. The highest BCUT2D eigenvalue weighted by molar-refractivity contribution is 9.10. The molecular weight excluding hydrogens is 332 g/mol. The topological polar surface area (TPSA) is 55.6 Å². The minimum absolute atomic E-state index is 0.00999. The fourth-order valence-corrected chi connectivity index (χ4v) is 2.80. The Kier molecular flexibility index (Phi) is 4.84. The van der Waals surface area contributed by atoms with Crippen molar-refractivity contribution < 1.29 is 9.53 Å². The van der Waals surface area contributed by atoms with Crippen molar-refractivity contribution in [3.63, 3.8) is 0 Å². The van der Waals surface area contributed by atoms with Crippen molar-refractivity contribution in [3.8, 4) is 0 Å². The third-order valence-corrected chi connectivity index (χ3v) is 4.06. The predicted octanol–water partition coefficient (Wildman–Crippen LogP) is 2.18. The lowest BCUT2D eigenvalue weighted by molar-refractivity contribution is -0.142. The summed E-state index contributed by atoms with van der Waals surface area (Å²) < 4.78 is 6.52. The van der Waals surface area contributed by atoms with Gasteiger partial charge in [-0.3, -0.25) is 9.69 Å². The number of hydrogen-bond donors (Lipinski definition) is 1. The number of halogens is 2. The van der Waals surface area contributed by atoms with Gasteiger partial charge in [0.25, 0.3) is 0 Å². The quantitative estimate of drug-likeness (QED) is 0.912. The molecule has 0 aromatic heterocycles. The minimum Gasteiger partial charge on any atom is -0.367 e. The molecule has 1 saturated heterocycles. The van der Waals surface area contributed by atoms with E-state index in [2.05, 4.69) is 20.8 Å². The molecule has 2 rings (SSSR count). The van der Waals surface area contributed by atoms with Crippen LogP contribution in [0, 0.1) is 0 Å². The second-order valence-corrected chi connectivity index (χ2v) is 6.06. The van der Waals surface area contributed by atoms with E-state index in [4.69, 9.17) is 22.1 Å². The van der Waals surface area contributed by atoms with Gasteiger partial charge < -0.3 is 10.5 Å². The second-order valence-electron chi connectivity index (χ2n) is 4.77. The van der Waals surface area contributed by atoms with Crippen LogP contribution in [0.25, 0.3) is 0 Å². The van der Waals surface area contributed by atoms with E-state index < -0.39 is 12.0 Å². The Morgan fingerprint density at radius 2 is 2.32 bits per heavy atom. The Morgan fingerprint density at radius 1 is 1.58 bits per heavy atom. The summed E-state index contributed by atoms with van der Waals surface area (Å²) in [5.41, 5.74) is 6.41. The predicted molar refractivity (Wildman–Crippen MR) is 78.0 cm³/mol. The van der Waals surface area contributed by atoms with Crippen molar-refractivity contribution >= 4 is 33.4 Å². The Hall–Kier alpha value is -0.620. The van der Waals surface area contributed by atoms with Crippen molar-refractivity contribution in [2.45, 2.75) is 25.7 Å². The first-order valence-corrected chi connectivity index (χ1v) is 7.24. The van der Waals surface area contributed by atoms with Crippen LogP contribution in [0.3, 0.4) is 0 Å². The Labute approximate surface area is 126 Å². The second kappa shape index (κ2) is 6.22. The maximum absolute atomic E-state index is 11.3. The molecule has 0 saturated carbocycles. The van der Waals surface area contributed by atoms with E-state index in [-0.39, 0.29) is 6.10 Å². The molecule has 1 aromatic rings. The first kappa shape index (κ1) is 14.8. The number of nitrogens with zero attached hydrogens (tertiary/aromatic N) is 1. The van der Waals surface area contributed by atoms with Crippen LogP contribution in [0.15, 0.2) is 22.7 Å². The zero-order chi connectivity index (χ0) is 14.0. The Bertz CT molecular complexity index is 484. The third kappa shape index (κ3) is 3.92. The molecule has 1 heterocycles. The number of carbonyl (C=O) groups excluding carboxylic acids is 1. The van der Waals surface area contributed by atoms with Crippen LogP contribution in [0.5, 0.6) is 0 Å². The van der Waals surface area contributed by atoms with Crippen LogP contribution in [-0.2, 0) is 16.1 Å². The van der Waals surface area contributed by atoms with E-state index in [0.717, 1.165) is 16.6 Å². The molecule has 0 aliphatic carbocycles. The molecule has 0 radical (unpaired) electrons. The number of ether oxygens (including phenoxy) is 1. The summed E-state index contributed by atoms with van der Waals surface area (Å²) in [6.07, 6.45) is -0.550. The SMILES string of the molecule is C[C@@H]1CN(Cc2cc(Cl)ccc2Br)C[C@H](C(N)=O)O1. The first-order chi connectivity index (χ1) is 8.95. The van der Waals surface area contributed by atoms with Crippen LogP contribution in [0.2, 0.25) is 5.02 Å². The molecule has 19 heavy (non-hydrogen) atoms. The molecule has 2 atom stereocenters. The van der Waals surface area contributed by atoms with Crippen LogP contribution < -0.4 is 5.73 Å². The highest BCUT2D eigenvalue weighted by Crippen LogP contribution is 2.24. The lowest BCUT2D eigenvalue weighted by atomic mass is 10.1. The molecule has 1 aliphatic rings.